The van der Waals surface area contributed by atoms with E-state index in [1.165, 1.54) is 32.1 Å². The maximum absolute atomic E-state index is 11.8. The number of hydrogen-bond acceptors (Lipinski definition) is 3. The molecule has 0 radical (unpaired) electrons. The lowest BCUT2D eigenvalue weighted by Gasteiger charge is -2.54. The molecule has 4 aliphatic rings. The Morgan fingerprint density at radius 2 is 1.53 bits per heavy atom. The van der Waals surface area contributed by atoms with Crippen LogP contribution in [-0.2, 0) is 9.84 Å². The van der Waals surface area contributed by atoms with E-state index in [-0.39, 0.29) is 11.5 Å². The van der Waals surface area contributed by atoms with Crippen molar-refractivity contribution in [3.63, 3.8) is 0 Å². The summed E-state index contributed by atoms with van der Waals surface area (Å²) in [5.41, 5.74) is 0. The Morgan fingerprint density at radius 3 is 2.00 bits per heavy atom. The van der Waals surface area contributed by atoms with Crippen LogP contribution in [-0.4, -0.2) is 19.9 Å². The van der Waals surface area contributed by atoms with Gasteiger partial charge in [0, 0.05) is 0 Å². The highest BCUT2D eigenvalue weighted by Gasteiger charge is 2.49. The van der Waals surface area contributed by atoms with Crippen LogP contribution in [0.3, 0.4) is 0 Å². The second-order valence-electron chi connectivity index (χ2n) is 6.31. The average Bonchev–Trinajstić information content (AvgIpc) is 2.22. The fraction of sp³-hybridized carbons (Fsp3) is 0.923. The number of nitrogens with zero attached hydrogens (tertiary/aromatic N) is 1. The highest BCUT2D eigenvalue weighted by Crippen LogP contribution is 2.56. The Hall–Kier alpha value is -0.560. The van der Waals surface area contributed by atoms with Gasteiger partial charge in [-0.2, -0.15) is 5.26 Å². The molecule has 4 fully saturated rings. The van der Waals surface area contributed by atoms with E-state index in [9.17, 15) is 8.42 Å². The standard InChI is InChI=1S/C13H19NO2S/c14-1-2-17(15,16)8-13-11-4-9-3-10(6-11)7-12(13)5-9/h9-13H,2-8H2. The molecule has 0 aromatic carbocycles. The minimum Gasteiger partial charge on any atom is -0.228 e. The molecule has 94 valence electrons. The van der Waals surface area contributed by atoms with Crippen LogP contribution in [0, 0.1) is 40.9 Å². The molecule has 4 heteroatoms. The van der Waals surface area contributed by atoms with Gasteiger partial charge in [0.15, 0.2) is 9.84 Å². The van der Waals surface area contributed by atoms with Crippen LogP contribution >= 0.6 is 0 Å². The maximum Gasteiger partial charge on any atom is 0.163 e. The predicted octanol–water partition coefficient (Wildman–Crippen LogP) is 2.00. The second-order valence-corrected chi connectivity index (χ2v) is 8.42. The first-order chi connectivity index (χ1) is 8.07. The Kier molecular flexibility index (Phi) is 2.70. The first kappa shape index (κ1) is 11.5. The molecule has 0 aromatic rings. The summed E-state index contributed by atoms with van der Waals surface area (Å²) in [5, 5.41) is 8.55. The Balaban J connectivity index is 1.75. The second kappa shape index (κ2) is 3.98. The summed E-state index contributed by atoms with van der Waals surface area (Å²) in [6, 6.07) is 1.79. The van der Waals surface area contributed by atoms with Gasteiger partial charge in [-0.05, 0) is 61.7 Å². The van der Waals surface area contributed by atoms with Gasteiger partial charge in [0.25, 0.3) is 0 Å². The van der Waals surface area contributed by atoms with E-state index in [1.54, 1.807) is 6.07 Å². The molecule has 4 saturated carbocycles. The molecule has 0 heterocycles. The van der Waals surface area contributed by atoms with Crippen molar-refractivity contribution >= 4 is 9.84 Å². The maximum atomic E-state index is 11.8. The van der Waals surface area contributed by atoms with Crippen LogP contribution in [0.5, 0.6) is 0 Å². The van der Waals surface area contributed by atoms with Crippen LogP contribution < -0.4 is 0 Å². The van der Waals surface area contributed by atoms with Gasteiger partial charge in [-0.3, -0.25) is 0 Å². The van der Waals surface area contributed by atoms with Crippen molar-refractivity contribution in [1.29, 1.82) is 5.26 Å². The normalized spacial score (nSPS) is 43.6. The van der Waals surface area contributed by atoms with Crippen molar-refractivity contribution in [2.75, 3.05) is 11.5 Å². The molecule has 3 nitrogen and oxygen atoms in total. The lowest BCUT2D eigenvalue weighted by Crippen LogP contribution is -2.47. The molecule has 0 spiro atoms. The highest BCUT2D eigenvalue weighted by atomic mass is 32.2. The Bertz CT molecular complexity index is 421. The van der Waals surface area contributed by atoms with Gasteiger partial charge in [-0.15, -0.1) is 0 Å². The summed E-state index contributed by atoms with van der Waals surface area (Å²) >= 11 is 0. The molecule has 0 N–H and O–H groups in total. The third kappa shape index (κ3) is 2.10. The predicted molar refractivity (Wildman–Crippen MR) is 64.8 cm³/mol. The third-order valence-corrected chi connectivity index (χ3v) is 6.61. The molecule has 4 bridgehead atoms. The van der Waals surface area contributed by atoms with Gasteiger partial charge < -0.3 is 0 Å². The largest absolute Gasteiger partial charge is 0.228 e. The zero-order valence-electron chi connectivity index (χ0n) is 10.0. The topological polar surface area (TPSA) is 57.9 Å². The van der Waals surface area contributed by atoms with Crippen LogP contribution in [0.1, 0.15) is 32.1 Å². The molecule has 0 saturated heterocycles. The lowest BCUT2D eigenvalue weighted by atomic mass is 9.52. The van der Waals surface area contributed by atoms with E-state index in [1.807, 2.05) is 0 Å². The average molecular weight is 253 g/mol. The van der Waals surface area contributed by atoms with E-state index < -0.39 is 9.84 Å². The first-order valence-electron chi connectivity index (χ1n) is 6.65. The smallest absolute Gasteiger partial charge is 0.163 e. The quantitative estimate of drug-likeness (QED) is 0.773. The lowest BCUT2D eigenvalue weighted by molar-refractivity contribution is -0.0268. The monoisotopic (exact) mass is 253 g/mol. The van der Waals surface area contributed by atoms with E-state index >= 15 is 0 Å². The molecule has 4 aliphatic carbocycles. The van der Waals surface area contributed by atoms with E-state index in [2.05, 4.69) is 0 Å². The van der Waals surface area contributed by atoms with Crippen molar-refractivity contribution in [2.24, 2.45) is 29.6 Å². The fourth-order valence-electron chi connectivity index (χ4n) is 4.76. The number of sulfone groups is 1. The first-order valence-corrected chi connectivity index (χ1v) is 8.47. The van der Waals surface area contributed by atoms with E-state index in [0.717, 1.165) is 11.8 Å². The van der Waals surface area contributed by atoms with Crippen molar-refractivity contribution in [3.8, 4) is 6.07 Å². The molecule has 0 atom stereocenters. The molecule has 17 heavy (non-hydrogen) atoms. The summed E-state index contributed by atoms with van der Waals surface area (Å²) in [6.07, 6.45) is 6.39. The van der Waals surface area contributed by atoms with Gasteiger partial charge >= 0.3 is 0 Å². The minimum atomic E-state index is -3.14. The molecule has 4 rings (SSSR count). The molecule has 0 aromatic heterocycles. The summed E-state index contributed by atoms with van der Waals surface area (Å²) in [7, 11) is -3.14. The van der Waals surface area contributed by atoms with Gasteiger partial charge in [0.2, 0.25) is 0 Å². The molecular weight excluding hydrogens is 234 g/mol. The highest BCUT2D eigenvalue weighted by molar-refractivity contribution is 7.91. The Morgan fingerprint density at radius 1 is 1.00 bits per heavy atom. The van der Waals surface area contributed by atoms with E-state index in [4.69, 9.17) is 5.26 Å². The molecule has 0 aliphatic heterocycles. The van der Waals surface area contributed by atoms with Crippen molar-refractivity contribution < 1.29 is 8.42 Å². The van der Waals surface area contributed by atoms with Crippen LogP contribution in [0.4, 0.5) is 0 Å². The molecule has 0 amide bonds. The van der Waals surface area contributed by atoms with Crippen molar-refractivity contribution in [3.05, 3.63) is 0 Å². The number of rotatable bonds is 3. The molecular formula is C13H19NO2S. The summed E-state index contributed by atoms with van der Waals surface area (Å²) < 4.78 is 23.6. The SMILES string of the molecule is N#CCS(=O)(=O)CC1C2CC3CC(C2)CC1C3. The van der Waals surface area contributed by atoms with Crippen molar-refractivity contribution in [1.82, 2.24) is 0 Å². The van der Waals surface area contributed by atoms with Gasteiger partial charge in [-0.1, -0.05) is 0 Å². The zero-order valence-corrected chi connectivity index (χ0v) is 10.8. The van der Waals surface area contributed by atoms with Gasteiger partial charge in [0.05, 0.1) is 11.8 Å². The van der Waals surface area contributed by atoms with Gasteiger partial charge in [-0.25, -0.2) is 8.42 Å². The summed E-state index contributed by atoms with van der Waals surface area (Å²) in [5.74, 6) is 3.38. The number of hydrogen-bond donors (Lipinski definition) is 0. The Labute approximate surface area is 103 Å². The van der Waals surface area contributed by atoms with Gasteiger partial charge in [0.1, 0.15) is 5.75 Å². The summed E-state index contributed by atoms with van der Waals surface area (Å²) in [6.45, 7) is 0. The van der Waals surface area contributed by atoms with E-state index in [0.29, 0.717) is 17.8 Å². The zero-order chi connectivity index (χ0) is 12.0. The molecule has 0 unspecified atom stereocenters. The third-order valence-electron chi connectivity index (χ3n) is 5.15. The fourth-order valence-corrected chi connectivity index (χ4v) is 6.21. The van der Waals surface area contributed by atoms with Crippen molar-refractivity contribution in [2.45, 2.75) is 32.1 Å². The minimum absolute atomic E-state index is 0.273. The number of nitriles is 1. The van der Waals surface area contributed by atoms with Crippen LogP contribution in [0.15, 0.2) is 0 Å². The van der Waals surface area contributed by atoms with Crippen LogP contribution in [0.2, 0.25) is 0 Å². The van der Waals surface area contributed by atoms with Crippen LogP contribution in [0.25, 0.3) is 0 Å². The summed E-state index contributed by atoms with van der Waals surface area (Å²) in [4.78, 5) is 0.